The van der Waals surface area contributed by atoms with E-state index >= 15 is 0 Å². The van der Waals surface area contributed by atoms with Gasteiger partial charge in [0, 0.05) is 10.6 Å². The normalized spacial score (nSPS) is 15.9. The molecule has 6 nitrogen and oxygen atoms in total. The lowest BCUT2D eigenvalue weighted by atomic mass is 10.1. The molecule has 0 bridgehead atoms. The largest absolute Gasteiger partial charge is 0.496 e. The molecule has 0 spiro atoms. The first-order chi connectivity index (χ1) is 12.8. The fraction of sp³-hybridized carbons (Fsp3) is 0.0556. The van der Waals surface area contributed by atoms with Crippen molar-refractivity contribution in [2.24, 2.45) is 0 Å². The van der Waals surface area contributed by atoms with E-state index < -0.39 is 17.8 Å². The molecule has 0 aliphatic carbocycles. The number of carbonyl (C=O) groups is 3. The van der Waals surface area contributed by atoms with Crippen LogP contribution in [0.4, 0.5) is 10.5 Å². The molecule has 0 radical (unpaired) electrons. The molecule has 1 heterocycles. The number of urea groups is 1. The van der Waals surface area contributed by atoms with Crippen molar-refractivity contribution >= 4 is 64.4 Å². The van der Waals surface area contributed by atoms with Gasteiger partial charge in [0.15, 0.2) is 0 Å². The van der Waals surface area contributed by atoms with Crippen molar-refractivity contribution in [1.82, 2.24) is 5.32 Å². The number of benzene rings is 2. The number of carbonyl (C=O) groups excluding carboxylic acids is 3. The van der Waals surface area contributed by atoms with Crippen molar-refractivity contribution in [3.05, 3.63) is 62.6 Å². The zero-order valence-electron chi connectivity index (χ0n) is 13.8. The fourth-order valence-electron chi connectivity index (χ4n) is 2.49. The van der Waals surface area contributed by atoms with Gasteiger partial charge in [-0.15, -0.1) is 0 Å². The molecule has 138 valence electrons. The van der Waals surface area contributed by atoms with Gasteiger partial charge in [-0.05, 0) is 42.5 Å². The summed E-state index contributed by atoms with van der Waals surface area (Å²) in [4.78, 5) is 38.1. The van der Waals surface area contributed by atoms with Gasteiger partial charge < -0.3 is 4.74 Å². The smallest absolute Gasteiger partial charge is 0.335 e. The minimum absolute atomic E-state index is 0.161. The second kappa shape index (κ2) is 7.60. The highest BCUT2D eigenvalue weighted by atomic mass is 35.5. The molecule has 27 heavy (non-hydrogen) atoms. The zero-order chi connectivity index (χ0) is 19.7. The molecule has 1 aliphatic rings. The van der Waals surface area contributed by atoms with Crippen LogP contribution in [0.5, 0.6) is 5.75 Å². The highest BCUT2D eigenvalue weighted by molar-refractivity contribution is 6.43. The standard InChI is InChI=1S/C18H11Cl3N2O4/c1-27-15-5-2-10(19)6-9(15)7-12-16(24)22-18(26)23(17(12)25)11-3-4-13(20)14(21)8-11/h2-8H,1H3,(H,22,24,26)/b12-7+. The highest BCUT2D eigenvalue weighted by Crippen LogP contribution is 2.30. The number of ether oxygens (including phenoxy) is 1. The molecule has 3 rings (SSSR count). The van der Waals surface area contributed by atoms with Gasteiger partial charge in [0.05, 0.1) is 22.8 Å². The summed E-state index contributed by atoms with van der Waals surface area (Å²) in [6.07, 6.45) is 1.30. The molecule has 1 aliphatic heterocycles. The van der Waals surface area contributed by atoms with Crippen molar-refractivity contribution in [2.45, 2.75) is 0 Å². The van der Waals surface area contributed by atoms with E-state index in [4.69, 9.17) is 39.5 Å². The van der Waals surface area contributed by atoms with Gasteiger partial charge in [-0.25, -0.2) is 9.69 Å². The first-order valence-corrected chi connectivity index (χ1v) is 8.65. The Kier molecular flexibility index (Phi) is 5.41. The van der Waals surface area contributed by atoms with Crippen LogP contribution in [0.2, 0.25) is 15.1 Å². The van der Waals surface area contributed by atoms with Crippen molar-refractivity contribution in [3.63, 3.8) is 0 Å². The lowest BCUT2D eigenvalue weighted by molar-refractivity contribution is -0.122. The number of methoxy groups -OCH3 is 1. The van der Waals surface area contributed by atoms with E-state index in [1.54, 1.807) is 12.1 Å². The molecule has 1 saturated heterocycles. The van der Waals surface area contributed by atoms with Gasteiger partial charge in [-0.2, -0.15) is 0 Å². The number of nitrogens with one attached hydrogen (secondary N) is 1. The molecule has 0 unspecified atom stereocenters. The third kappa shape index (κ3) is 3.78. The molecule has 1 N–H and O–H groups in total. The molecule has 9 heteroatoms. The van der Waals surface area contributed by atoms with Crippen LogP contribution in [0.3, 0.4) is 0 Å². The van der Waals surface area contributed by atoms with Crippen LogP contribution < -0.4 is 15.0 Å². The van der Waals surface area contributed by atoms with Gasteiger partial charge in [0.25, 0.3) is 11.8 Å². The number of barbiturate groups is 1. The number of imide groups is 2. The summed E-state index contributed by atoms with van der Waals surface area (Å²) in [5, 5.41) is 2.94. The Morgan fingerprint density at radius 2 is 1.74 bits per heavy atom. The van der Waals surface area contributed by atoms with Crippen molar-refractivity contribution in [3.8, 4) is 5.75 Å². The van der Waals surface area contributed by atoms with Gasteiger partial charge in [0.1, 0.15) is 11.3 Å². The van der Waals surface area contributed by atoms with E-state index in [2.05, 4.69) is 5.32 Å². The Morgan fingerprint density at radius 3 is 2.41 bits per heavy atom. The van der Waals surface area contributed by atoms with Crippen LogP contribution in [0, 0.1) is 0 Å². The summed E-state index contributed by atoms with van der Waals surface area (Å²) in [5.41, 5.74) is 0.316. The van der Waals surface area contributed by atoms with E-state index in [0.717, 1.165) is 4.90 Å². The van der Waals surface area contributed by atoms with E-state index in [0.29, 0.717) is 16.3 Å². The Labute approximate surface area is 169 Å². The van der Waals surface area contributed by atoms with Crippen LogP contribution in [-0.4, -0.2) is 25.0 Å². The fourth-order valence-corrected chi connectivity index (χ4v) is 2.96. The number of anilines is 1. The van der Waals surface area contributed by atoms with Crippen LogP contribution in [0.15, 0.2) is 42.0 Å². The first-order valence-electron chi connectivity index (χ1n) is 7.52. The molecule has 0 aromatic heterocycles. The lowest BCUT2D eigenvalue weighted by Crippen LogP contribution is -2.54. The Balaban J connectivity index is 2.07. The van der Waals surface area contributed by atoms with Gasteiger partial charge >= 0.3 is 6.03 Å². The van der Waals surface area contributed by atoms with Crippen molar-refractivity contribution < 1.29 is 19.1 Å². The SMILES string of the molecule is COc1ccc(Cl)cc1/C=C1\C(=O)NC(=O)N(c2ccc(Cl)c(Cl)c2)C1=O. The van der Waals surface area contributed by atoms with Crippen molar-refractivity contribution in [1.29, 1.82) is 0 Å². The Morgan fingerprint density at radius 1 is 1.00 bits per heavy atom. The van der Waals surface area contributed by atoms with Crippen LogP contribution in [0.25, 0.3) is 6.08 Å². The molecule has 0 saturated carbocycles. The minimum Gasteiger partial charge on any atom is -0.496 e. The number of amides is 4. The average molecular weight is 426 g/mol. The van der Waals surface area contributed by atoms with Crippen LogP contribution >= 0.6 is 34.8 Å². The zero-order valence-corrected chi connectivity index (χ0v) is 16.0. The topological polar surface area (TPSA) is 75.7 Å². The monoisotopic (exact) mass is 424 g/mol. The molecular formula is C18H11Cl3N2O4. The predicted octanol–water partition coefficient (Wildman–Crippen LogP) is 4.32. The molecule has 2 aromatic rings. The summed E-state index contributed by atoms with van der Waals surface area (Å²) in [6.45, 7) is 0. The number of hydrogen-bond acceptors (Lipinski definition) is 4. The lowest BCUT2D eigenvalue weighted by Gasteiger charge is -2.26. The highest BCUT2D eigenvalue weighted by Gasteiger charge is 2.37. The number of hydrogen-bond donors (Lipinski definition) is 1. The third-order valence-corrected chi connectivity index (χ3v) is 4.73. The van der Waals surface area contributed by atoms with Gasteiger partial charge in [-0.3, -0.25) is 14.9 Å². The number of halogens is 3. The first kappa shape index (κ1) is 19.2. The van der Waals surface area contributed by atoms with Crippen LogP contribution in [0.1, 0.15) is 5.56 Å². The maximum atomic E-state index is 12.9. The van der Waals surface area contributed by atoms with Crippen molar-refractivity contribution in [2.75, 3.05) is 12.0 Å². The molecular weight excluding hydrogens is 415 g/mol. The third-order valence-electron chi connectivity index (χ3n) is 3.75. The summed E-state index contributed by atoms with van der Waals surface area (Å²) in [6, 6.07) is 8.10. The van der Waals surface area contributed by atoms with E-state index in [1.807, 2.05) is 0 Å². The molecule has 1 fully saturated rings. The van der Waals surface area contributed by atoms with Gasteiger partial charge in [-0.1, -0.05) is 34.8 Å². The summed E-state index contributed by atoms with van der Waals surface area (Å²) < 4.78 is 5.21. The molecule has 2 aromatic carbocycles. The van der Waals surface area contributed by atoms with E-state index in [-0.39, 0.29) is 21.3 Å². The van der Waals surface area contributed by atoms with Gasteiger partial charge in [0.2, 0.25) is 0 Å². The summed E-state index contributed by atoms with van der Waals surface area (Å²) in [7, 11) is 1.44. The number of nitrogens with zero attached hydrogens (tertiary/aromatic N) is 1. The molecule has 4 amide bonds. The summed E-state index contributed by atoms with van der Waals surface area (Å²) in [5.74, 6) is -1.24. The maximum Gasteiger partial charge on any atom is 0.335 e. The van der Waals surface area contributed by atoms with E-state index in [9.17, 15) is 14.4 Å². The second-order valence-electron chi connectivity index (χ2n) is 5.44. The quantitative estimate of drug-likeness (QED) is 0.587. The second-order valence-corrected chi connectivity index (χ2v) is 6.69. The Bertz CT molecular complexity index is 1000. The molecule has 0 atom stereocenters. The van der Waals surface area contributed by atoms with Crippen LogP contribution in [-0.2, 0) is 9.59 Å². The summed E-state index contributed by atoms with van der Waals surface area (Å²) >= 11 is 17.8. The Hall–Kier alpha value is -2.54. The average Bonchev–Trinajstić information content (AvgIpc) is 2.61. The maximum absolute atomic E-state index is 12.9. The minimum atomic E-state index is -0.890. The predicted molar refractivity (Wildman–Crippen MR) is 103 cm³/mol. The van der Waals surface area contributed by atoms with E-state index in [1.165, 1.54) is 37.5 Å². The number of rotatable bonds is 3.